The average molecular weight is 188 g/mol. The van der Waals surface area contributed by atoms with E-state index >= 15 is 0 Å². The number of carbonyl (C=O) groups excluding carboxylic acids is 1. The van der Waals surface area contributed by atoms with Crippen LogP contribution in [0.2, 0.25) is 0 Å². The van der Waals surface area contributed by atoms with E-state index in [0.717, 1.165) is 6.08 Å². The van der Waals surface area contributed by atoms with Crippen molar-refractivity contribution in [1.29, 1.82) is 0 Å². The second kappa shape index (κ2) is 7.02. The van der Waals surface area contributed by atoms with Crippen LogP contribution < -0.4 is 0 Å². The molecule has 0 spiro atoms. The lowest BCUT2D eigenvalue weighted by atomic mass is 10.4. The summed E-state index contributed by atoms with van der Waals surface area (Å²) in [6, 6.07) is 0. The third-order valence-electron chi connectivity index (χ3n) is 0.944. The van der Waals surface area contributed by atoms with Crippen LogP contribution in [0.4, 0.5) is 0 Å². The van der Waals surface area contributed by atoms with Crippen molar-refractivity contribution in [1.82, 2.24) is 0 Å². The first-order valence-electron chi connectivity index (χ1n) is 3.43. The lowest BCUT2D eigenvalue weighted by Crippen LogP contribution is -2.20. The molecule has 1 unspecified atom stereocenters. The molecule has 0 aromatic rings. The van der Waals surface area contributed by atoms with E-state index in [9.17, 15) is 4.79 Å². The molecule has 0 aliphatic heterocycles. The Bertz CT molecular complexity index is 148. The van der Waals surface area contributed by atoms with Gasteiger partial charge in [0, 0.05) is 13.2 Å². The fourth-order valence-electron chi connectivity index (χ4n) is 0.491. The highest BCUT2D eigenvalue weighted by Crippen LogP contribution is 1.92. The lowest BCUT2D eigenvalue weighted by molar-refractivity contribution is -0.143. The van der Waals surface area contributed by atoms with Crippen LogP contribution in [0, 0.1) is 0 Å². The molecule has 2 radical (unpaired) electrons. The summed E-state index contributed by atoms with van der Waals surface area (Å²) in [7, 11) is 1.53. The maximum absolute atomic E-state index is 10.6. The zero-order chi connectivity index (χ0) is 9.40. The fraction of sp³-hybridized carbons (Fsp3) is 0.571. The molecule has 1 atom stereocenters. The number of esters is 1. The summed E-state index contributed by atoms with van der Waals surface area (Å²) in [5, 5.41) is 0. The van der Waals surface area contributed by atoms with Gasteiger partial charge in [0.25, 0.3) is 0 Å². The number of rotatable bonds is 6. The number of ether oxygens (including phenoxy) is 1. The van der Waals surface area contributed by atoms with Crippen LogP contribution in [0.5, 0.6) is 0 Å². The molecule has 0 bridgehead atoms. The molecule has 68 valence electrons. The highest BCUT2D eigenvalue weighted by Gasteiger charge is 2.06. The molecule has 5 heteroatoms. The summed E-state index contributed by atoms with van der Waals surface area (Å²) in [5.41, 5.74) is 0. The quantitative estimate of drug-likeness (QED) is 0.260. The van der Waals surface area contributed by atoms with Crippen LogP contribution >= 0.6 is 0 Å². The van der Waals surface area contributed by atoms with E-state index in [1.165, 1.54) is 0 Å². The zero-order valence-electron chi connectivity index (χ0n) is 7.20. The maximum Gasteiger partial charge on any atom is 0.433 e. The molecule has 0 aliphatic rings. The molecule has 0 saturated heterocycles. The summed E-state index contributed by atoms with van der Waals surface area (Å²) >= 11 is 0. The molecule has 0 amide bonds. The molecule has 0 N–H and O–H groups in total. The van der Waals surface area contributed by atoms with Crippen molar-refractivity contribution in [3.05, 3.63) is 12.7 Å². The van der Waals surface area contributed by atoms with Crippen LogP contribution in [-0.2, 0) is 18.4 Å². The van der Waals surface area contributed by atoms with Gasteiger partial charge in [-0.1, -0.05) is 6.58 Å². The molecular formula is C7H12O4Si. The van der Waals surface area contributed by atoms with Crippen LogP contribution in [0.3, 0.4) is 0 Å². The minimum Gasteiger partial charge on any atom is -0.457 e. The van der Waals surface area contributed by atoms with E-state index in [1.54, 1.807) is 14.0 Å². The van der Waals surface area contributed by atoms with E-state index < -0.39 is 5.97 Å². The molecule has 0 saturated carbocycles. The topological polar surface area (TPSA) is 44.8 Å². The SMILES string of the molecule is C=CC(=O)OC(C)CO[Si]OC. The lowest BCUT2D eigenvalue weighted by Gasteiger charge is -2.10. The van der Waals surface area contributed by atoms with E-state index in [1.807, 2.05) is 0 Å². The minimum absolute atomic E-state index is 0.0122. The Balaban J connectivity index is 3.38. The molecular weight excluding hydrogens is 176 g/mol. The van der Waals surface area contributed by atoms with Crippen molar-refractivity contribution in [3.63, 3.8) is 0 Å². The summed E-state index contributed by atoms with van der Waals surface area (Å²) in [6.45, 7) is 5.35. The van der Waals surface area contributed by atoms with E-state index in [4.69, 9.17) is 9.16 Å². The Labute approximate surface area is 74.6 Å². The van der Waals surface area contributed by atoms with Gasteiger partial charge in [0.05, 0.1) is 6.61 Å². The van der Waals surface area contributed by atoms with Gasteiger partial charge in [-0.05, 0) is 6.92 Å². The Morgan fingerprint density at radius 1 is 1.75 bits per heavy atom. The van der Waals surface area contributed by atoms with Crippen LogP contribution in [0.15, 0.2) is 12.7 Å². The molecule has 0 heterocycles. The largest absolute Gasteiger partial charge is 0.457 e. The number of hydrogen-bond donors (Lipinski definition) is 0. The smallest absolute Gasteiger partial charge is 0.433 e. The Morgan fingerprint density at radius 2 is 2.42 bits per heavy atom. The summed E-state index contributed by atoms with van der Waals surface area (Å²) in [4.78, 5) is 10.6. The van der Waals surface area contributed by atoms with Crippen molar-refractivity contribution in [2.24, 2.45) is 0 Å². The summed E-state index contributed by atoms with van der Waals surface area (Å²) < 4.78 is 14.5. The molecule has 12 heavy (non-hydrogen) atoms. The second-order valence-electron chi connectivity index (χ2n) is 2.05. The molecule has 0 aromatic carbocycles. The van der Waals surface area contributed by atoms with Gasteiger partial charge in [-0.25, -0.2) is 4.79 Å². The number of hydrogen-bond acceptors (Lipinski definition) is 4. The van der Waals surface area contributed by atoms with Gasteiger partial charge < -0.3 is 13.6 Å². The highest BCUT2D eigenvalue weighted by atomic mass is 28.3. The molecule has 0 fully saturated rings. The van der Waals surface area contributed by atoms with Crippen molar-refractivity contribution >= 4 is 16.0 Å². The normalized spacial score (nSPS) is 12.2. The maximum atomic E-state index is 10.6. The predicted octanol–water partition coefficient (Wildman–Crippen LogP) is 0.301. The van der Waals surface area contributed by atoms with Crippen LogP contribution in [-0.4, -0.2) is 35.8 Å². The number of carbonyl (C=O) groups is 1. The fourth-order valence-corrected chi connectivity index (χ4v) is 0.911. The third-order valence-corrected chi connectivity index (χ3v) is 1.40. The van der Waals surface area contributed by atoms with Crippen molar-refractivity contribution in [2.75, 3.05) is 13.7 Å². The third kappa shape index (κ3) is 6.08. The zero-order valence-corrected chi connectivity index (χ0v) is 8.20. The molecule has 0 aromatic heterocycles. The summed E-state index contributed by atoms with van der Waals surface area (Å²) in [5.74, 6) is -0.438. The summed E-state index contributed by atoms with van der Waals surface area (Å²) in [6.07, 6.45) is 0.855. The first kappa shape index (κ1) is 11.3. The van der Waals surface area contributed by atoms with E-state index in [0.29, 0.717) is 6.61 Å². The Morgan fingerprint density at radius 3 is 2.92 bits per heavy atom. The average Bonchev–Trinajstić information content (AvgIpc) is 2.05. The van der Waals surface area contributed by atoms with Gasteiger partial charge >= 0.3 is 16.0 Å². The van der Waals surface area contributed by atoms with Gasteiger partial charge in [0.2, 0.25) is 0 Å². The minimum atomic E-state index is -0.438. The molecule has 0 rings (SSSR count). The first-order valence-corrected chi connectivity index (χ1v) is 4.25. The van der Waals surface area contributed by atoms with Gasteiger partial charge in [0.15, 0.2) is 0 Å². The Hall–Kier alpha value is -0.653. The van der Waals surface area contributed by atoms with Crippen LogP contribution in [0.25, 0.3) is 0 Å². The first-order chi connectivity index (χ1) is 5.70. The standard InChI is InChI=1S/C7H12O4Si/c1-4-7(8)11-6(2)5-10-12-9-3/h4,6H,1,5H2,2-3H3. The predicted molar refractivity (Wildman–Crippen MR) is 44.5 cm³/mol. The van der Waals surface area contributed by atoms with Crippen molar-refractivity contribution in [2.45, 2.75) is 13.0 Å². The van der Waals surface area contributed by atoms with Gasteiger partial charge in [-0.15, -0.1) is 0 Å². The molecule has 0 aliphatic carbocycles. The monoisotopic (exact) mass is 188 g/mol. The Kier molecular flexibility index (Phi) is 6.64. The van der Waals surface area contributed by atoms with Crippen molar-refractivity contribution in [3.8, 4) is 0 Å². The molecule has 4 nitrogen and oxygen atoms in total. The van der Waals surface area contributed by atoms with E-state index in [-0.39, 0.29) is 16.1 Å². The van der Waals surface area contributed by atoms with E-state index in [2.05, 4.69) is 11.0 Å². The van der Waals surface area contributed by atoms with Gasteiger partial charge in [0.1, 0.15) is 6.10 Å². The second-order valence-corrected chi connectivity index (χ2v) is 2.91. The van der Waals surface area contributed by atoms with Gasteiger partial charge in [-0.3, -0.25) is 0 Å². The van der Waals surface area contributed by atoms with Gasteiger partial charge in [-0.2, -0.15) is 0 Å². The van der Waals surface area contributed by atoms with Crippen LogP contribution in [0.1, 0.15) is 6.92 Å². The highest BCUT2D eigenvalue weighted by molar-refractivity contribution is 6.17. The van der Waals surface area contributed by atoms with Crippen molar-refractivity contribution < 1.29 is 18.4 Å².